The van der Waals surface area contributed by atoms with Gasteiger partial charge < -0.3 is 14.8 Å². The second-order valence-electron chi connectivity index (χ2n) is 7.12. The maximum Gasteiger partial charge on any atom is 0.251 e. The molecule has 4 rings (SSSR count). The molecule has 0 bridgehead atoms. The first kappa shape index (κ1) is 18.5. The van der Waals surface area contributed by atoms with Crippen LogP contribution in [0.2, 0.25) is 0 Å². The van der Waals surface area contributed by atoms with Crippen LogP contribution in [0.15, 0.2) is 60.7 Å². The maximum absolute atomic E-state index is 12.1. The predicted molar refractivity (Wildman–Crippen MR) is 112 cm³/mol. The highest BCUT2D eigenvalue weighted by atomic mass is 16.5. The Bertz CT molecular complexity index is 977. The van der Waals surface area contributed by atoms with Crippen molar-refractivity contribution in [1.82, 2.24) is 5.32 Å². The molecule has 1 unspecified atom stereocenters. The van der Waals surface area contributed by atoms with Crippen molar-refractivity contribution in [1.29, 1.82) is 0 Å². The molecule has 1 amide bonds. The average molecular weight is 375 g/mol. The van der Waals surface area contributed by atoms with Gasteiger partial charge in [-0.1, -0.05) is 42.5 Å². The Morgan fingerprint density at radius 2 is 2.00 bits per heavy atom. The van der Waals surface area contributed by atoms with Gasteiger partial charge in [0.2, 0.25) is 0 Å². The maximum atomic E-state index is 12.1. The summed E-state index contributed by atoms with van der Waals surface area (Å²) < 4.78 is 12.1. The summed E-state index contributed by atoms with van der Waals surface area (Å²) in [5.41, 5.74) is 2.62. The molecule has 4 nitrogen and oxygen atoms in total. The van der Waals surface area contributed by atoms with Crippen LogP contribution < -0.4 is 10.1 Å². The summed E-state index contributed by atoms with van der Waals surface area (Å²) in [4.78, 5) is 12.1. The monoisotopic (exact) mass is 375 g/mol. The van der Waals surface area contributed by atoms with Crippen molar-refractivity contribution in [2.24, 2.45) is 0 Å². The number of amides is 1. The molecular weight excluding hydrogens is 350 g/mol. The topological polar surface area (TPSA) is 47.6 Å². The molecule has 1 fully saturated rings. The van der Waals surface area contributed by atoms with E-state index in [0.717, 1.165) is 47.1 Å². The Morgan fingerprint density at radius 1 is 1.11 bits per heavy atom. The molecule has 1 saturated heterocycles. The minimum absolute atomic E-state index is 0.0971. The van der Waals surface area contributed by atoms with Gasteiger partial charge in [0.15, 0.2) is 0 Å². The molecule has 144 valence electrons. The van der Waals surface area contributed by atoms with Crippen molar-refractivity contribution in [3.05, 3.63) is 66.2 Å². The number of fused-ring (bicyclic) bond motifs is 1. The molecule has 0 aliphatic carbocycles. The number of hydrogen-bond donors (Lipinski definition) is 1. The van der Waals surface area contributed by atoms with Gasteiger partial charge in [0.25, 0.3) is 5.91 Å². The Kier molecular flexibility index (Phi) is 5.58. The lowest BCUT2D eigenvalue weighted by Gasteiger charge is -2.23. The lowest BCUT2D eigenvalue weighted by Crippen LogP contribution is -2.25. The number of rotatable bonds is 5. The normalized spacial score (nSPS) is 16.7. The quantitative estimate of drug-likeness (QED) is 0.696. The standard InChI is InChI=1S/C24H25NO3/c1-25-24(26)19-9-6-8-18(15-19)23-21-11-3-2-7-17(21)12-13-22(23)28-16-20-10-4-5-14-27-20/h2-3,6-9,11-13,15,20H,4-5,10,14,16H2,1H3,(H,25,26). The second-order valence-corrected chi connectivity index (χ2v) is 7.12. The first-order chi connectivity index (χ1) is 13.8. The minimum Gasteiger partial charge on any atom is -0.490 e. The molecular formula is C24H25NO3. The van der Waals surface area contributed by atoms with E-state index in [-0.39, 0.29) is 12.0 Å². The molecule has 0 radical (unpaired) electrons. The molecule has 0 aromatic heterocycles. The van der Waals surface area contributed by atoms with Gasteiger partial charge in [-0.3, -0.25) is 4.79 Å². The van der Waals surface area contributed by atoms with Crippen molar-refractivity contribution in [3.63, 3.8) is 0 Å². The third-order valence-corrected chi connectivity index (χ3v) is 5.23. The van der Waals surface area contributed by atoms with Gasteiger partial charge in [0.1, 0.15) is 12.4 Å². The van der Waals surface area contributed by atoms with Gasteiger partial charge in [-0.25, -0.2) is 0 Å². The SMILES string of the molecule is CNC(=O)c1cccc(-c2c(OCC3CCCCO3)ccc3ccccc23)c1. The lowest BCUT2D eigenvalue weighted by molar-refractivity contribution is -0.0109. The largest absolute Gasteiger partial charge is 0.490 e. The molecule has 1 heterocycles. The highest BCUT2D eigenvalue weighted by molar-refractivity contribution is 6.01. The highest BCUT2D eigenvalue weighted by Crippen LogP contribution is 2.37. The molecule has 4 heteroatoms. The van der Waals surface area contributed by atoms with Crippen LogP contribution in [0.1, 0.15) is 29.6 Å². The van der Waals surface area contributed by atoms with Crippen LogP contribution >= 0.6 is 0 Å². The van der Waals surface area contributed by atoms with E-state index in [1.165, 1.54) is 6.42 Å². The molecule has 28 heavy (non-hydrogen) atoms. The van der Waals surface area contributed by atoms with E-state index in [0.29, 0.717) is 12.2 Å². The zero-order valence-corrected chi connectivity index (χ0v) is 16.1. The number of carbonyl (C=O) groups is 1. The Morgan fingerprint density at radius 3 is 2.82 bits per heavy atom. The van der Waals surface area contributed by atoms with Gasteiger partial charge in [-0.2, -0.15) is 0 Å². The van der Waals surface area contributed by atoms with Crippen LogP contribution in [-0.4, -0.2) is 32.3 Å². The fourth-order valence-electron chi connectivity index (χ4n) is 3.75. The summed E-state index contributed by atoms with van der Waals surface area (Å²) in [5, 5.41) is 4.95. The van der Waals surface area contributed by atoms with Crippen LogP contribution in [0.25, 0.3) is 21.9 Å². The van der Waals surface area contributed by atoms with E-state index in [1.54, 1.807) is 7.05 Å². The molecule has 1 N–H and O–H groups in total. The summed E-state index contributed by atoms with van der Waals surface area (Å²) >= 11 is 0. The van der Waals surface area contributed by atoms with Gasteiger partial charge in [-0.05, 0) is 53.8 Å². The molecule has 3 aromatic carbocycles. The summed E-state index contributed by atoms with van der Waals surface area (Å²) in [6.07, 6.45) is 3.50. The van der Waals surface area contributed by atoms with Crippen molar-refractivity contribution in [3.8, 4) is 16.9 Å². The number of carbonyl (C=O) groups excluding carboxylic acids is 1. The third-order valence-electron chi connectivity index (χ3n) is 5.23. The van der Waals surface area contributed by atoms with E-state index < -0.39 is 0 Å². The highest BCUT2D eigenvalue weighted by Gasteiger charge is 2.17. The Labute approximate surface area is 165 Å². The van der Waals surface area contributed by atoms with Crippen LogP contribution in [-0.2, 0) is 4.74 Å². The van der Waals surface area contributed by atoms with Crippen molar-refractivity contribution in [2.75, 3.05) is 20.3 Å². The van der Waals surface area contributed by atoms with Gasteiger partial charge >= 0.3 is 0 Å². The van der Waals surface area contributed by atoms with Crippen LogP contribution in [0.3, 0.4) is 0 Å². The van der Waals surface area contributed by atoms with Gasteiger partial charge in [0.05, 0.1) is 6.10 Å². The van der Waals surface area contributed by atoms with E-state index in [9.17, 15) is 4.79 Å². The average Bonchev–Trinajstić information content (AvgIpc) is 2.77. The molecule has 3 aromatic rings. The smallest absolute Gasteiger partial charge is 0.251 e. The summed E-state index contributed by atoms with van der Waals surface area (Å²) in [6.45, 7) is 1.35. The lowest BCUT2D eigenvalue weighted by atomic mass is 9.95. The summed E-state index contributed by atoms with van der Waals surface area (Å²) in [6, 6.07) is 20.0. The first-order valence-electron chi connectivity index (χ1n) is 9.85. The fourth-order valence-corrected chi connectivity index (χ4v) is 3.75. The molecule has 0 spiro atoms. The minimum atomic E-state index is -0.0971. The molecule has 1 aliphatic rings. The summed E-state index contributed by atoms with van der Waals surface area (Å²) in [7, 11) is 1.64. The fraction of sp³-hybridized carbons (Fsp3) is 0.292. The molecule has 0 saturated carbocycles. The van der Waals surface area contributed by atoms with Gasteiger partial charge in [0, 0.05) is 24.8 Å². The van der Waals surface area contributed by atoms with Crippen molar-refractivity contribution < 1.29 is 14.3 Å². The van der Waals surface area contributed by atoms with E-state index in [4.69, 9.17) is 9.47 Å². The van der Waals surface area contributed by atoms with E-state index >= 15 is 0 Å². The Hall–Kier alpha value is -2.85. The number of benzene rings is 3. The van der Waals surface area contributed by atoms with Crippen LogP contribution in [0, 0.1) is 0 Å². The number of nitrogens with one attached hydrogen (secondary N) is 1. The second kappa shape index (κ2) is 8.44. The first-order valence-corrected chi connectivity index (χ1v) is 9.85. The zero-order chi connectivity index (χ0) is 19.3. The van der Waals surface area contributed by atoms with Gasteiger partial charge in [-0.15, -0.1) is 0 Å². The summed E-state index contributed by atoms with van der Waals surface area (Å²) in [5.74, 6) is 0.724. The van der Waals surface area contributed by atoms with Crippen LogP contribution in [0.4, 0.5) is 0 Å². The third kappa shape index (κ3) is 3.87. The van der Waals surface area contributed by atoms with Crippen LogP contribution in [0.5, 0.6) is 5.75 Å². The molecule has 1 aliphatic heterocycles. The zero-order valence-electron chi connectivity index (χ0n) is 16.1. The Balaban J connectivity index is 1.75. The van der Waals surface area contributed by atoms with E-state index in [1.807, 2.05) is 42.5 Å². The predicted octanol–water partition coefficient (Wildman–Crippen LogP) is 4.81. The number of ether oxygens (including phenoxy) is 2. The van der Waals surface area contributed by atoms with E-state index in [2.05, 4.69) is 23.5 Å². The molecule has 1 atom stereocenters. The van der Waals surface area contributed by atoms with Crippen molar-refractivity contribution >= 4 is 16.7 Å². The van der Waals surface area contributed by atoms with Crippen molar-refractivity contribution in [2.45, 2.75) is 25.4 Å². The number of hydrogen-bond acceptors (Lipinski definition) is 3.